The first kappa shape index (κ1) is 25.3. The normalized spacial score (nSPS) is 17.2. The molecule has 1 aromatic rings. The molecule has 1 heterocycles. The van der Waals surface area contributed by atoms with Gasteiger partial charge in [0.2, 0.25) is 11.8 Å². The van der Waals surface area contributed by atoms with Gasteiger partial charge in [0.05, 0.1) is 19.6 Å². The van der Waals surface area contributed by atoms with Crippen LogP contribution in [0.2, 0.25) is 0 Å². The molecule has 3 amide bonds. The Morgan fingerprint density at radius 1 is 1.22 bits per heavy atom. The maximum Gasteiger partial charge on any atom is 0.307 e. The van der Waals surface area contributed by atoms with Crippen molar-refractivity contribution in [2.75, 3.05) is 31.6 Å². The first-order valence-electron chi connectivity index (χ1n) is 11.2. The molecule has 0 aromatic heterocycles. The van der Waals surface area contributed by atoms with E-state index < -0.39 is 12.0 Å². The van der Waals surface area contributed by atoms with Crippen LogP contribution in [0.3, 0.4) is 0 Å². The van der Waals surface area contributed by atoms with Gasteiger partial charge < -0.3 is 20.7 Å². The molecule has 2 rings (SSSR count). The highest BCUT2D eigenvalue weighted by molar-refractivity contribution is 5.96. The van der Waals surface area contributed by atoms with E-state index in [0.717, 1.165) is 19.3 Å². The van der Waals surface area contributed by atoms with E-state index in [1.807, 2.05) is 20.8 Å². The molecule has 1 aliphatic rings. The first-order valence-corrected chi connectivity index (χ1v) is 11.2. The minimum Gasteiger partial charge on any atom is -0.466 e. The fourth-order valence-corrected chi connectivity index (χ4v) is 3.22. The molecule has 0 aliphatic carbocycles. The van der Waals surface area contributed by atoms with E-state index in [1.54, 1.807) is 29.2 Å². The minimum atomic E-state index is -0.741. The van der Waals surface area contributed by atoms with E-state index in [2.05, 4.69) is 16.0 Å². The number of benzene rings is 1. The number of piperazine rings is 1. The summed E-state index contributed by atoms with van der Waals surface area (Å²) in [6.45, 7) is 7.10. The van der Waals surface area contributed by atoms with Gasteiger partial charge in [0.25, 0.3) is 5.91 Å². The van der Waals surface area contributed by atoms with Crippen molar-refractivity contribution in [1.82, 2.24) is 15.5 Å². The van der Waals surface area contributed by atoms with Crippen LogP contribution < -0.4 is 16.0 Å². The van der Waals surface area contributed by atoms with Gasteiger partial charge in [-0.2, -0.15) is 0 Å². The summed E-state index contributed by atoms with van der Waals surface area (Å²) in [5, 5.41) is 8.40. The summed E-state index contributed by atoms with van der Waals surface area (Å²) >= 11 is 0. The third kappa shape index (κ3) is 7.96. The Bertz CT molecular complexity index is 796. The smallest absolute Gasteiger partial charge is 0.307 e. The lowest BCUT2D eigenvalue weighted by atomic mass is 10.1. The lowest BCUT2D eigenvalue weighted by Crippen LogP contribution is -2.57. The summed E-state index contributed by atoms with van der Waals surface area (Å²) in [7, 11) is 0. The highest BCUT2D eigenvalue weighted by Crippen LogP contribution is 2.13. The highest BCUT2D eigenvalue weighted by Gasteiger charge is 2.33. The van der Waals surface area contributed by atoms with Crippen LogP contribution in [0.25, 0.3) is 0 Å². The van der Waals surface area contributed by atoms with Gasteiger partial charge >= 0.3 is 5.97 Å². The van der Waals surface area contributed by atoms with Gasteiger partial charge in [-0.3, -0.25) is 24.1 Å². The van der Waals surface area contributed by atoms with Gasteiger partial charge in [-0.15, -0.1) is 0 Å². The van der Waals surface area contributed by atoms with E-state index in [0.29, 0.717) is 30.9 Å². The van der Waals surface area contributed by atoms with Crippen LogP contribution in [-0.4, -0.2) is 66.9 Å². The number of anilines is 1. The number of amides is 3. The topological polar surface area (TPSA) is 117 Å². The van der Waals surface area contributed by atoms with Crippen molar-refractivity contribution in [3.63, 3.8) is 0 Å². The Hall–Kier alpha value is -2.94. The van der Waals surface area contributed by atoms with Crippen LogP contribution in [0.15, 0.2) is 24.3 Å². The molecule has 176 valence electrons. The second-order valence-corrected chi connectivity index (χ2v) is 7.96. The van der Waals surface area contributed by atoms with Crippen molar-refractivity contribution in [2.24, 2.45) is 0 Å². The van der Waals surface area contributed by atoms with Gasteiger partial charge in [0.15, 0.2) is 0 Å². The van der Waals surface area contributed by atoms with Gasteiger partial charge in [0.1, 0.15) is 6.04 Å². The second-order valence-electron chi connectivity index (χ2n) is 7.96. The number of unbranched alkanes of at least 4 members (excludes halogenated alkanes) is 1. The average molecular weight is 447 g/mol. The summed E-state index contributed by atoms with van der Waals surface area (Å²) in [4.78, 5) is 50.7. The van der Waals surface area contributed by atoms with Gasteiger partial charge in [-0.05, 0) is 44.0 Å². The molecule has 9 nitrogen and oxygen atoms in total. The molecule has 3 N–H and O–H groups in total. The van der Waals surface area contributed by atoms with Crippen molar-refractivity contribution in [3.8, 4) is 0 Å². The van der Waals surface area contributed by atoms with Crippen LogP contribution in [0, 0.1) is 0 Å². The third-order valence-corrected chi connectivity index (χ3v) is 5.33. The van der Waals surface area contributed by atoms with Crippen molar-refractivity contribution >= 4 is 29.4 Å². The van der Waals surface area contributed by atoms with Crippen molar-refractivity contribution in [3.05, 3.63) is 29.8 Å². The maximum atomic E-state index is 12.6. The molecular weight excluding hydrogens is 412 g/mol. The predicted octanol–water partition coefficient (Wildman–Crippen LogP) is 1.69. The molecule has 0 bridgehead atoms. The summed E-state index contributed by atoms with van der Waals surface area (Å²) in [5.74, 6) is -1.20. The molecule has 0 saturated carbocycles. The average Bonchev–Trinajstić information content (AvgIpc) is 2.76. The number of rotatable bonds is 11. The van der Waals surface area contributed by atoms with Crippen LogP contribution in [-0.2, 0) is 19.1 Å². The summed E-state index contributed by atoms with van der Waals surface area (Å²) in [5.41, 5.74) is 1.06. The Morgan fingerprint density at radius 3 is 2.59 bits per heavy atom. The molecule has 32 heavy (non-hydrogen) atoms. The number of hydrogen-bond acceptors (Lipinski definition) is 6. The maximum absolute atomic E-state index is 12.6. The van der Waals surface area contributed by atoms with E-state index in [9.17, 15) is 19.2 Å². The molecule has 0 radical (unpaired) electrons. The fourth-order valence-electron chi connectivity index (χ4n) is 3.22. The van der Waals surface area contributed by atoms with Crippen LogP contribution in [0.4, 0.5) is 5.69 Å². The van der Waals surface area contributed by atoms with E-state index in [1.165, 1.54) is 0 Å². The largest absolute Gasteiger partial charge is 0.466 e. The zero-order valence-corrected chi connectivity index (χ0v) is 19.1. The lowest BCUT2D eigenvalue weighted by molar-refractivity contribution is -0.149. The quantitative estimate of drug-likeness (QED) is 0.352. The van der Waals surface area contributed by atoms with Gasteiger partial charge in [-0.25, -0.2) is 0 Å². The van der Waals surface area contributed by atoms with Crippen LogP contribution >= 0.6 is 0 Å². The summed E-state index contributed by atoms with van der Waals surface area (Å²) in [6, 6.07) is 5.97. The second kappa shape index (κ2) is 12.8. The minimum absolute atomic E-state index is 0.0312. The number of esters is 1. The van der Waals surface area contributed by atoms with Crippen molar-refractivity contribution in [2.45, 2.75) is 58.5 Å². The standard InChI is InChI=1S/C23H34N4O5/c1-4-6-13-32-21(29)14-19-23(31)24-11-12-27(19)15-20(28)26-18-9-7-17(8-10-18)22(30)25-16(3)5-2/h7-10,16,19H,4-6,11-15H2,1-3H3,(H,24,31)(H,25,30)(H,26,28). The Balaban J connectivity index is 1.91. The zero-order valence-electron chi connectivity index (χ0n) is 19.1. The van der Waals surface area contributed by atoms with Crippen LogP contribution in [0.1, 0.15) is 56.8 Å². The molecule has 1 saturated heterocycles. The number of nitrogens with zero attached hydrogens (tertiary/aromatic N) is 1. The van der Waals surface area contributed by atoms with E-state index >= 15 is 0 Å². The third-order valence-electron chi connectivity index (χ3n) is 5.33. The molecule has 2 atom stereocenters. The Morgan fingerprint density at radius 2 is 1.94 bits per heavy atom. The molecule has 2 unspecified atom stereocenters. The summed E-state index contributed by atoms with van der Waals surface area (Å²) in [6.07, 6.45) is 2.43. The van der Waals surface area contributed by atoms with E-state index in [4.69, 9.17) is 4.74 Å². The monoisotopic (exact) mass is 446 g/mol. The number of carbonyl (C=O) groups is 4. The van der Waals surface area contributed by atoms with Gasteiger partial charge in [-0.1, -0.05) is 20.3 Å². The first-order chi connectivity index (χ1) is 15.3. The number of nitrogens with one attached hydrogen (secondary N) is 3. The Kier molecular flexibility index (Phi) is 10.1. The Labute approximate surface area is 189 Å². The molecular formula is C23H34N4O5. The number of ether oxygens (including phenoxy) is 1. The highest BCUT2D eigenvalue weighted by atomic mass is 16.5. The predicted molar refractivity (Wildman–Crippen MR) is 121 cm³/mol. The molecule has 9 heteroatoms. The lowest BCUT2D eigenvalue weighted by Gasteiger charge is -2.33. The molecule has 1 fully saturated rings. The van der Waals surface area contributed by atoms with Crippen molar-refractivity contribution in [1.29, 1.82) is 0 Å². The zero-order chi connectivity index (χ0) is 23.5. The fraction of sp³-hybridized carbons (Fsp3) is 0.565. The van der Waals surface area contributed by atoms with E-state index in [-0.39, 0.29) is 36.7 Å². The SMILES string of the molecule is CCCCOC(=O)CC1C(=O)NCCN1CC(=O)Nc1ccc(C(=O)NC(C)CC)cc1. The van der Waals surface area contributed by atoms with Crippen molar-refractivity contribution < 1.29 is 23.9 Å². The summed E-state index contributed by atoms with van der Waals surface area (Å²) < 4.78 is 5.17. The molecule has 1 aromatic carbocycles. The molecule has 1 aliphatic heterocycles. The van der Waals surface area contributed by atoms with Crippen LogP contribution in [0.5, 0.6) is 0 Å². The van der Waals surface area contributed by atoms with Gasteiger partial charge in [0, 0.05) is 30.4 Å². The number of carbonyl (C=O) groups excluding carboxylic acids is 4. The molecule has 0 spiro atoms. The number of hydrogen-bond donors (Lipinski definition) is 3.